The summed E-state index contributed by atoms with van der Waals surface area (Å²) in [5.74, 6) is -1.60. The highest BCUT2D eigenvalue weighted by atomic mass is 17.2. The molecule has 0 fully saturated rings. The predicted molar refractivity (Wildman–Crippen MR) is 37.2 cm³/mol. The van der Waals surface area contributed by atoms with Crippen molar-refractivity contribution in [1.29, 1.82) is 0 Å². The average Bonchev–Trinajstić information content (AvgIpc) is 1.99. The zero-order valence-electron chi connectivity index (χ0n) is 6.12. The molecule has 0 aromatic rings. The van der Waals surface area contributed by atoms with Gasteiger partial charge in [0.05, 0.1) is 0 Å². The summed E-state index contributed by atoms with van der Waals surface area (Å²) in [5, 5.41) is 0. The Morgan fingerprint density at radius 1 is 1.36 bits per heavy atom. The van der Waals surface area contributed by atoms with Crippen molar-refractivity contribution in [3.05, 3.63) is 24.8 Å². The fourth-order valence-electron chi connectivity index (χ4n) is 0.184. The molecule has 0 saturated carbocycles. The summed E-state index contributed by atoms with van der Waals surface area (Å²) in [5.41, 5.74) is 0.155. The topological polar surface area (TPSA) is 52.6 Å². The van der Waals surface area contributed by atoms with E-state index in [1.165, 1.54) is 6.92 Å². The van der Waals surface area contributed by atoms with Crippen molar-refractivity contribution in [3.8, 4) is 0 Å². The third-order valence-corrected chi connectivity index (χ3v) is 0.715. The molecule has 0 atom stereocenters. The molecule has 0 aliphatic rings. The van der Waals surface area contributed by atoms with Gasteiger partial charge in [0, 0.05) is 11.6 Å². The van der Waals surface area contributed by atoms with E-state index in [1.54, 1.807) is 0 Å². The maximum absolute atomic E-state index is 10.5. The average molecular weight is 156 g/mol. The van der Waals surface area contributed by atoms with Crippen LogP contribution in [0.1, 0.15) is 6.92 Å². The van der Waals surface area contributed by atoms with E-state index >= 15 is 0 Å². The highest BCUT2D eigenvalue weighted by molar-refractivity contribution is 5.88. The molecule has 0 unspecified atom stereocenters. The predicted octanol–water partition coefficient (Wildman–Crippen LogP) is 0.750. The van der Waals surface area contributed by atoms with Gasteiger partial charge in [0.15, 0.2) is 0 Å². The Bertz CT molecular complexity index is 204. The number of carbonyl (C=O) groups is 2. The second-order valence-electron chi connectivity index (χ2n) is 1.76. The third kappa shape index (κ3) is 3.91. The standard InChI is InChI=1S/C7H8O4/c1-4-6(8)10-11-7(9)5(2)3/h4H,1-2H2,3H3. The Hall–Kier alpha value is -1.58. The highest BCUT2D eigenvalue weighted by Gasteiger charge is 2.06. The lowest BCUT2D eigenvalue weighted by atomic mass is 10.4. The van der Waals surface area contributed by atoms with Crippen LogP contribution in [-0.4, -0.2) is 11.9 Å². The van der Waals surface area contributed by atoms with Crippen LogP contribution in [-0.2, 0) is 19.4 Å². The van der Waals surface area contributed by atoms with E-state index < -0.39 is 11.9 Å². The van der Waals surface area contributed by atoms with Gasteiger partial charge in [0.2, 0.25) is 0 Å². The summed E-state index contributed by atoms with van der Waals surface area (Å²) in [6, 6.07) is 0. The van der Waals surface area contributed by atoms with E-state index in [4.69, 9.17) is 0 Å². The number of hydrogen-bond acceptors (Lipinski definition) is 4. The van der Waals surface area contributed by atoms with E-state index in [9.17, 15) is 9.59 Å². The van der Waals surface area contributed by atoms with Crippen LogP contribution >= 0.6 is 0 Å². The smallest absolute Gasteiger partial charge is 0.242 e. The lowest BCUT2D eigenvalue weighted by Gasteiger charge is -1.98. The SMILES string of the molecule is C=CC(=O)OOC(=O)C(=C)C. The molecule has 0 spiro atoms. The maximum Gasteiger partial charge on any atom is 0.381 e. The molecule has 0 aromatic carbocycles. The number of carbonyl (C=O) groups excluding carboxylic acids is 2. The van der Waals surface area contributed by atoms with Crippen molar-refractivity contribution >= 4 is 11.9 Å². The van der Waals surface area contributed by atoms with Crippen LogP contribution in [0.4, 0.5) is 0 Å². The summed E-state index contributed by atoms with van der Waals surface area (Å²) in [6.45, 7) is 7.80. The van der Waals surface area contributed by atoms with Crippen molar-refractivity contribution in [3.63, 3.8) is 0 Å². The lowest BCUT2D eigenvalue weighted by Crippen LogP contribution is -2.09. The van der Waals surface area contributed by atoms with E-state index in [-0.39, 0.29) is 5.57 Å². The van der Waals surface area contributed by atoms with Gasteiger partial charge in [-0.3, -0.25) is 0 Å². The van der Waals surface area contributed by atoms with Gasteiger partial charge in [-0.1, -0.05) is 13.2 Å². The van der Waals surface area contributed by atoms with Gasteiger partial charge in [0.25, 0.3) is 0 Å². The molecule has 0 saturated heterocycles. The minimum absolute atomic E-state index is 0.155. The number of hydrogen-bond donors (Lipinski definition) is 0. The molecule has 0 N–H and O–H groups in total. The van der Waals surface area contributed by atoms with Gasteiger partial charge in [-0.2, -0.15) is 0 Å². The van der Waals surface area contributed by atoms with Crippen LogP contribution in [0.3, 0.4) is 0 Å². The van der Waals surface area contributed by atoms with Gasteiger partial charge in [-0.25, -0.2) is 19.4 Å². The normalized spacial score (nSPS) is 8.09. The Morgan fingerprint density at radius 2 is 1.91 bits per heavy atom. The second kappa shape index (κ2) is 4.27. The summed E-state index contributed by atoms with van der Waals surface area (Å²) in [4.78, 5) is 28.8. The van der Waals surface area contributed by atoms with Gasteiger partial charge in [-0.05, 0) is 6.92 Å². The Labute approximate surface area is 64.0 Å². The Balaban J connectivity index is 3.71. The summed E-state index contributed by atoms with van der Waals surface area (Å²) in [7, 11) is 0. The van der Waals surface area contributed by atoms with E-state index in [0.717, 1.165) is 6.08 Å². The van der Waals surface area contributed by atoms with Gasteiger partial charge in [0.1, 0.15) is 0 Å². The highest BCUT2D eigenvalue weighted by Crippen LogP contribution is 1.92. The summed E-state index contributed by atoms with van der Waals surface area (Å²) < 4.78 is 0. The molecule has 0 aliphatic carbocycles. The zero-order chi connectivity index (χ0) is 8.85. The van der Waals surface area contributed by atoms with Crippen molar-refractivity contribution in [2.45, 2.75) is 6.92 Å². The molecule has 11 heavy (non-hydrogen) atoms. The lowest BCUT2D eigenvalue weighted by molar-refractivity contribution is -0.251. The van der Waals surface area contributed by atoms with Crippen LogP contribution in [0, 0.1) is 0 Å². The first-order valence-electron chi connectivity index (χ1n) is 2.78. The summed E-state index contributed by atoms with van der Waals surface area (Å²) >= 11 is 0. The molecule has 0 heterocycles. The molecule has 0 amide bonds. The number of rotatable bonds is 2. The van der Waals surface area contributed by atoms with E-state index in [1.807, 2.05) is 0 Å². The largest absolute Gasteiger partial charge is 0.381 e. The first-order valence-corrected chi connectivity index (χ1v) is 2.78. The van der Waals surface area contributed by atoms with Crippen LogP contribution in [0.5, 0.6) is 0 Å². The van der Waals surface area contributed by atoms with Crippen LogP contribution in [0.2, 0.25) is 0 Å². The van der Waals surface area contributed by atoms with Gasteiger partial charge in [-0.15, -0.1) is 0 Å². The molecule has 0 aromatic heterocycles. The molecular formula is C7H8O4. The minimum Gasteiger partial charge on any atom is -0.242 e. The minimum atomic E-state index is -0.820. The second-order valence-corrected chi connectivity index (χ2v) is 1.76. The zero-order valence-corrected chi connectivity index (χ0v) is 6.12. The van der Waals surface area contributed by atoms with Crippen molar-refractivity contribution < 1.29 is 19.4 Å². The van der Waals surface area contributed by atoms with Gasteiger partial charge < -0.3 is 0 Å². The van der Waals surface area contributed by atoms with Gasteiger partial charge >= 0.3 is 11.9 Å². The Kier molecular flexibility index (Phi) is 3.66. The first kappa shape index (κ1) is 9.42. The van der Waals surface area contributed by atoms with Crippen molar-refractivity contribution in [2.75, 3.05) is 0 Å². The molecule has 0 radical (unpaired) electrons. The van der Waals surface area contributed by atoms with Crippen LogP contribution in [0.25, 0.3) is 0 Å². The molecule has 4 nitrogen and oxygen atoms in total. The van der Waals surface area contributed by atoms with Crippen molar-refractivity contribution in [1.82, 2.24) is 0 Å². The summed E-state index contributed by atoms with van der Waals surface area (Å²) in [6.07, 6.45) is 0.881. The Morgan fingerprint density at radius 3 is 2.27 bits per heavy atom. The first-order chi connectivity index (χ1) is 5.07. The molecular weight excluding hydrogens is 148 g/mol. The fourth-order valence-corrected chi connectivity index (χ4v) is 0.184. The maximum atomic E-state index is 10.5. The van der Waals surface area contributed by atoms with Crippen LogP contribution in [0.15, 0.2) is 24.8 Å². The van der Waals surface area contributed by atoms with E-state index in [2.05, 4.69) is 22.9 Å². The molecule has 0 aliphatic heterocycles. The fraction of sp³-hybridized carbons (Fsp3) is 0.143. The van der Waals surface area contributed by atoms with Crippen molar-refractivity contribution in [2.24, 2.45) is 0 Å². The quantitative estimate of drug-likeness (QED) is 0.336. The molecule has 0 rings (SSSR count). The molecule has 4 heteroatoms. The molecule has 60 valence electrons. The van der Waals surface area contributed by atoms with E-state index in [0.29, 0.717) is 0 Å². The third-order valence-electron chi connectivity index (χ3n) is 0.715. The molecule has 0 bridgehead atoms. The monoisotopic (exact) mass is 156 g/mol. The van der Waals surface area contributed by atoms with Crippen LogP contribution < -0.4 is 0 Å².